The number of hydrogen-bond acceptors (Lipinski definition) is 6. The number of oxime groups is 1. The predicted octanol–water partition coefficient (Wildman–Crippen LogP) is 0.640. The zero-order valence-electron chi connectivity index (χ0n) is 11.9. The average molecular weight is 291 g/mol. The van der Waals surface area contributed by atoms with Gasteiger partial charge in [0.1, 0.15) is 0 Å². The number of benzene rings is 1. The maximum Gasteiger partial charge on any atom is 0.354 e. The minimum absolute atomic E-state index is 0.0297. The molecule has 0 fully saturated rings. The molecule has 1 aliphatic heterocycles. The Balaban J connectivity index is 2.21. The smallest absolute Gasteiger partial charge is 0.354 e. The van der Waals surface area contributed by atoms with Crippen LogP contribution in [0.25, 0.3) is 0 Å². The van der Waals surface area contributed by atoms with Gasteiger partial charge in [0.2, 0.25) is 5.91 Å². The van der Waals surface area contributed by atoms with Crippen LogP contribution in [0.2, 0.25) is 0 Å². The molecule has 0 radical (unpaired) electrons. The summed E-state index contributed by atoms with van der Waals surface area (Å²) >= 11 is 0. The maximum absolute atomic E-state index is 11.8. The molecule has 1 aliphatic rings. The van der Waals surface area contributed by atoms with Gasteiger partial charge in [0.15, 0.2) is 0 Å². The van der Waals surface area contributed by atoms with E-state index in [-0.39, 0.29) is 18.9 Å². The number of ether oxygens (including phenoxy) is 1. The molecule has 2 rings (SSSR count). The molecule has 1 atom stereocenters. The van der Waals surface area contributed by atoms with Gasteiger partial charge in [-0.05, 0) is 12.1 Å². The third-order valence-corrected chi connectivity index (χ3v) is 3.19. The standard InChI is InChI=1S/C14H17N3O4/c1-9(18)16-11-5-3-4-10(6-11)12-7-14(8-15,21-17-12)13(19)20-2/h3-6H,7-8,15H2,1-2H3,(H,16,18). The van der Waals surface area contributed by atoms with Gasteiger partial charge in [0, 0.05) is 31.1 Å². The van der Waals surface area contributed by atoms with Gasteiger partial charge in [-0.2, -0.15) is 0 Å². The number of nitrogens with one attached hydrogen (secondary N) is 1. The summed E-state index contributed by atoms with van der Waals surface area (Å²) in [5.41, 5.74) is 6.33. The molecule has 1 aromatic rings. The lowest BCUT2D eigenvalue weighted by atomic mass is 9.94. The van der Waals surface area contributed by atoms with Crippen LogP contribution in [-0.2, 0) is 19.2 Å². The summed E-state index contributed by atoms with van der Waals surface area (Å²) in [6, 6.07) is 7.12. The van der Waals surface area contributed by atoms with Crippen LogP contribution < -0.4 is 11.1 Å². The van der Waals surface area contributed by atoms with E-state index in [1.165, 1.54) is 14.0 Å². The van der Waals surface area contributed by atoms with Gasteiger partial charge in [-0.3, -0.25) is 4.79 Å². The molecule has 7 heteroatoms. The fourth-order valence-electron chi connectivity index (χ4n) is 2.10. The van der Waals surface area contributed by atoms with Gasteiger partial charge in [-0.15, -0.1) is 0 Å². The largest absolute Gasteiger partial charge is 0.466 e. The van der Waals surface area contributed by atoms with Crippen LogP contribution in [-0.4, -0.2) is 36.8 Å². The van der Waals surface area contributed by atoms with Crippen molar-refractivity contribution in [2.45, 2.75) is 18.9 Å². The zero-order chi connectivity index (χ0) is 15.5. The summed E-state index contributed by atoms with van der Waals surface area (Å²) in [7, 11) is 1.28. The molecule has 7 nitrogen and oxygen atoms in total. The number of carbonyl (C=O) groups is 2. The van der Waals surface area contributed by atoms with Crippen molar-refractivity contribution in [1.82, 2.24) is 0 Å². The first kappa shape index (κ1) is 15.0. The number of anilines is 1. The summed E-state index contributed by atoms with van der Waals surface area (Å²) in [6.07, 6.45) is 0.222. The van der Waals surface area contributed by atoms with Gasteiger partial charge < -0.3 is 20.6 Å². The Hall–Kier alpha value is -2.41. The molecule has 0 aliphatic carbocycles. The lowest BCUT2D eigenvalue weighted by molar-refractivity contribution is -0.165. The van der Waals surface area contributed by atoms with Gasteiger partial charge in [-0.25, -0.2) is 4.79 Å². The first-order chi connectivity index (χ1) is 10.0. The number of esters is 1. The SMILES string of the molecule is COC(=O)C1(CN)CC(c2cccc(NC(C)=O)c2)=NO1. The number of nitrogens with zero attached hydrogens (tertiary/aromatic N) is 1. The molecule has 0 bridgehead atoms. The van der Waals surface area contributed by atoms with Crippen LogP contribution in [0.15, 0.2) is 29.4 Å². The van der Waals surface area contributed by atoms with Crippen LogP contribution in [0.4, 0.5) is 5.69 Å². The van der Waals surface area contributed by atoms with E-state index in [0.29, 0.717) is 11.4 Å². The summed E-state index contributed by atoms with van der Waals surface area (Å²) < 4.78 is 4.71. The molecule has 1 amide bonds. The molecule has 1 heterocycles. The lowest BCUT2D eigenvalue weighted by Gasteiger charge is -2.21. The number of rotatable bonds is 4. The van der Waals surface area contributed by atoms with E-state index >= 15 is 0 Å². The van der Waals surface area contributed by atoms with Gasteiger partial charge in [0.25, 0.3) is 5.60 Å². The van der Waals surface area contributed by atoms with Crippen molar-refractivity contribution in [1.29, 1.82) is 0 Å². The number of carbonyl (C=O) groups excluding carboxylic acids is 2. The van der Waals surface area contributed by atoms with E-state index in [9.17, 15) is 9.59 Å². The number of nitrogens with two attached hydrogens (primary N) is 1. The van der Waals surface area contributed by atoms with Crippen LogP contribution in [0, 0.1) is 0 Å². The topological polar surface area (TPSA) is 103 Å². The van der Waals surface area contributed by atoms with Gasteiger partial charge >= 0.3 is 5.97 Å². The third kappa shape index (κ3) is 3.03. The highest BCUT2D eigenvalue weighted by atomic mass is 16.7. The summed E-state index contributed by atoms with van der Waals surface area (Å²) in [5, 5.41) is 6.63. The molecule has 1 unspecified atom stereocenters. The van der Waals surface area contributed by atoms with Crippen LogP contribution in [0.1, 0.15) is 18.9 Å². The molecule has 3 N–H and O–H groups in total. The van der Waals surface area contributed by atoms with E-state index in [4.69, 9.17) is 15.3 Å². The molecule has 112 valence electrons. The Morgan fingerprint density at radius 1 is 1.52 bits per heavy atom. The van der Waals surface area contributed by atoms with E-state index in [1.807, 2.05) is 6.07 Å². The van der Waals surface area contributed by atoms with Gasteiger partial charge in [-0.1, -0.05) is 17.3 Å². The van der Waals surface area contributed by atoms with Crippen molar-refractivity contribution in [2.75, 3.05) is 19.0 Å². The number of methoxy groups -OCH3 is 1. The Morgan fingerprint density at radius 2 is 2.29 bits per heavy atom. The molecule has 1 aromatic carbocycles. The minimum Gasteiger partial charge on any atom is -0.466 e. The highest BCUT2D eigenvalue weighted by molar-refractivity contribution is 6.05. The Kier molecular flexibility index (Phi) is 4.23. The van der Waals surface area contributed by atoms with Crippen molar-refractivity contribution in [2.24, 2.45) is 10.9 Å². The normalized spacial score (nSPS) is 20.4. The van der Waals surface area contributed by atoms with Crippen molar-refractivity contribution >= 4 is 23.3 Å². The monoisotopic (exact) mass is 291 g/mol. The quantitative estimate of drug-likeness (QED) is 0.792. The fourth-order valence-corrected chi connectivity index (χ4v) is 2.10. The molecular weight excluding hydrogens is 274 g/mol. The molecule has 0 aromatic heterocycles. The second-order valence-corrected chi connectivity index (χ2v) is 4.76. The molecule has 21 heavy (non-hydrogen) atoms. The van der Waals surface area contributed by atoms with Crippen molar-refractivity contribution in [3.63, 3.8) is 0 Å². The van der Waals surface area contributed by atoms with E-state index in [1.54, 1.807) is 18.2 Å². The minimum atomic E-state index is -1.27. The predicted molar refractivity (Wildman–Crippen MR) is 76.8 cm³/mol. The second-order valence-electron chi connectivity index (χ2n) is 4.76. The lowest BCUT2D eigenvalue weighted by Crippen LogP contribution is -2.46. The van der Waals surface area contributed by atoms with Crippen molar-refractivity contribution < 1.29 is 19.2 Å². The molecular formula is C14H17N3O4. The first-order valence-electron chi connectivity index (χ1n) is 6.42. The third-order valence-electron chi connectivity index (χ3n) is 3.19. The average Bonchev–Trinajstić information content (AvgIpc) is 2.92. The molecule has 0 saturated carbocycles. The summed E-state index contributed by atoms with van der Waals surface area (Å²) in [5.74, 6) is -0.718. The van der Waals surface area contributed by atoms with Crippen LogP contribution in [0.5, 0.6) is 0 Å². The molecule has 0 spiro atoms. The molecule has 0 saturated heterocycles. The highest BCUT2D eigenvalue weighted by Crippen LogP contribution is 2.28. The Morgan fingerprint density at radius 3 is 2.90 bits per heavy atom. The van der Waals surface area contributed by atoms with Crippen molar-refractivity contribution in [3.8, 4) is 0 Å². The summed E-state index contributed by atoms with van der Waals surface area (Å²) in [4.78, 5) is 28.1. The first-order valence-corrected chi connectivity index (χ1v) is 6.42. The van der Waals surface area contributed by atoms with Crippen LogP contribution >= 0.6 is 0 Å². The Labute approximate surface area is 122 Å². The number of hydrogen-bond donors (Lipinski definition) is 2. The maximum atomic E-state index is 11.8. The van der Waals surface area contributed by atoms with Crippen LogP contribution in [0.3, 0.4) is 0 Å². The van der Waals surface area contributed by atoms with E-state index < -0.39 is 11.6 Å². The highest BCUT2D eigenvalue weighted by Gasteiger charge is 2.47. The Bertz CT molecular complexity index is 600. The fraction of sp³-hybridized carbons (Fsp3) is 0.357. The van der Waals surface area contributed by atoms with Crippen molar-refractivity contribution in [3.05, 3.63) is 29.8 Å². The van der Waals surface area contributed by atoms with Gasteiger partial charge in [0.05, 0.1) is 12.8 Å². The van der Waals surface area contributed by atoms with E-state index in [2.05, 4.69) is 10.5 Å². The van der Waals surface area contributed by atoms with E-state index in [0.717, 1.165) is 5.56 Å². The zero-order valence-corrected chi connectivity index (χ0v) is 11.9. The summed E-state index contributed by atoms with van der Waals surface area (Å²) in [6.45, 7) is 1.40. The second kappa shape index (κ2) is 5.92. The number of amides is 1.